The van der Waals surface area contributed by atoms with Gasteiger partial charge in [0.1, 0.15) is 11.9 Å². The Morgan fingerprint density at radius 2 is 1.54 bits per heavy atom. The first-order valence-corrected chi connectivity index (χ1v) is 8.54. The standard InChI is InChI=1S/C22H18N2O2/c25-22(17-11-5-2-6-12-17)24-23-19-15-21(16-9-3-1-4-10-16)26-20-14-8-7-13-18(19)20/h1-14,21H,15H2,(H,24,25)/t21-/m1/s1. The van der Waals surface area contributed by atoms with Crippen LogP contribution >= 0.6 is 0 Å². The highest BCUT2D eigenvalue weighted by atomic mass is 16.5. The number of hydrazone groups is 1. The van der Waals surface area contributed by atoms with Gasteiger partial charge in [-0.05, 0) is 29.8 Å². The van der Waals surface area contributed by atoms with Gasteiger partial charge in [-0.3, -0.25) is 4.79 Å². The second-order valence-electron chi connectivity index (χ2n) is 6.08. The van der Waals surface area contributed by atoms with Crippen LogP contribution in [0.2, 0.25) is 0 Å². The lowest BCUT2D eigenvalue weighted by molar-refractivity contribution is 0.0954. The topological polar surface area (TPSA) is 50.7 Å². The van der Waals surface area contributed by atoms with Crippen molar-refractivity contribution in [1.82, 2.24) is 5.43 Å². The Morgan fingerprint density at radius 1 is 0.885 bits per heavy atom. The molecule has 26 heavy (non-hydrogen) atoms. The molecule has 128 valence electrons. The zero-order valence-corrected chi connectivity index (χ0v) is 14.1. The Hall–Kier alpha value is -3.40. The van der Waals surface area contributed by atoms with Crippen molar-refractivity contribution in [2.24, 2.45) is 5.10 Å². The molecule has 3 aromatic carbocycles. The minimum atomic E-state index is -0.224. The van der Waals surface area contributed by atoms with Crippen molar-refractivity contribution >= 4 is 11.6 Å². The number of benzene rings is 3. The molecule has 4 heteroatoms. The molecule has 0 bridgehead atoms. The Labute approximate surface area is 152 Å². The van der Waals surface area contributed by atoms with Gasteiger partial charge in [-0.15, -0.1) is 0 Å². The highest BCUT2D eigenvalue weighted by Crippen LogP contribution is 2.34. The maximum atomic E-state index is 12.3. The molecule has 1 heterocycles. The van der Waals surface area contributed by atoms with Crippen molar-refractivity contribution in [3.8, 4) is 5.75 Å². The van der Waals surface area contributed by atoms with E-state index in [1.165, 1.54) is 0 Å². The fourth-order valence-corrected chi connectivity index (χ4v) is 3.02. The average Bonchev–Trinajstić information content (AvgIpc) is 2.73. The van der Waals surface area contributed by atoms with Gasteiger partial charge in [-0.2, -0.15) is 5.10 Å². The van der Waals surface area contributed by atoms with Crippen LogP contribution in [0.15, 0.2) is 90.0 Å². The van der Waals surface area contributed by atoms with E-state index in [1.807, 2.05) is 72.8 Å². The molecule has 0 fully saturated rings. The smallest absolute Gasteiger partial charge is 0.271 e. The number of fused-ring (bicyclic) bond motifs is 1. The van der Waals surface area contributed by atoms with Crippen LogP contribution in [0.4, 0.5) is 0 Å². The number of hydrogen-bond donors (Lipinski definition) is 1. The maximum absolute atomic E-state index is 12.3. The molecule has 1 aliphatic heterocycles. The van der Waals surface area contributed by atoms with Gasteiger partial charge in [-0.25, -0.2) is 5.43 Å². The Morgan fingerprint density at radius 3 is 2.31 bits per heavy atom. The van der Waals surface area contributed by atoms with E-state index < -0.39 is 0 Å². The number of carbonyl (C=O) groups excluding carboxylic acids is 1. The van der Waals surface area contributed by atoms with E-state index >= 15 is 0 Å². The molecule has 1 aliphatic rings. The summed E-state index contributed by atoms with van der Waals surface area (Å²) in [7, 11) is 0. The monoisotopic (exact) mass is 342 g/mol. The van der Waals surface area contributed by atoms with E-state index in [1.54, 1.807) is 12.1 Å². The first-order valence-electron chi connectivity index (χ1n) is 8.54. The number of carbonyl (C=O) groups is 1. The summed E-state index contributed by atoms with van der Waals surface area (Å²) in [4.78, 5) is 12.3. The lowest BCUT2D eigenvalue weighted by Gasteiger charge is -2.27. The molecule has 1 N–H and O–H groups in total. The molecule has 0 spiro atoms. The number of hydrogen-bond acceptors (Lipinski definition) is 3. The molecule has 4 rings (SSSR count). The number of nitrogens with one attached hydrogen (secondary N) is 1. The summed E-state index contributed by atoms with van der Waals surface area (Å²) in [6, 6.07) is 26.9. The zero-order chi connectivity index (χ0) is 17.8. The van der Waals surface area contributed by atoms with Crippen molar-refractivity contribution in [2.75, 3.05) is 0 Å². The largest absolute Gasteiger partial charge is 0.485 e. The maximum Gasteiger partial charge on any atom is 0.271 e. The van der Waals surface area contributed by atoms with Gasteiger partial charge in [0.15, 0.2) is 0 Å². The van der Waals surface area contributed by atoms with E-state index in [4.69, 9.17) is 4.74 Å². The summed E-state index contributed by atoms with van der Waals surface area (Å²) >= 11 is 0. The Balaban J connectivity index is 1.62. The molecular formula is C22H18N2O2. The molecule has 0 radical (unpaired) electrons. The van der Waals surface area contributed by atoms with E-state index in [9.17, 15) is 4.79 Å². The van der Waals surface area contributed by atoms with Gasteiger partial charge >= 0.3 is 0 Å². The molecule has 0 saturated heterocycles. The Bertz CT molecular complexity index is 937. The molecule has 4 nitrogen and oxygen atoms in total. The quantitative estimate of drug-likeness (QED) is 0.720. The molecule has 0 saturated carbocycles. The first-order chi connectivity index (χ1) is 12.8. The highest BCUT2D eigenvalue weighted by Gasteiger charge is 2.26. The van der Waals surface area contributed by atoms with Crippen molar-refractivity contribution in [3.63, 3.8) is 0 Å². The first kappa shape index (κ1) is 16.1. The van der Waals surface area contributed by atoms with Crippen LogP contribution in [-0.4, -0.2) is 11.6 Å². The average molecular weight is 342 g/mol. The van der Waals surface area contributed by atoms with Crippen LogP contribution in [-0.2, 0) is 0 Å². The zero-order valence-electron chi connectivity index (χ0n) is 14.1. The summed E-state index contributed by atoms with van der Waals surface area (Å²) in [6.45, 7) is 0. The van der Waals surface area contributed by atoms with Crippen molar-refractivity contribution in [3.05, 3.63) is 102 Å². The van der Waals surface area contributed by atoms with E-state index in [2.05, 4.69) is 10.5 Å². The van der Waals surface area contributed by atoms with Crippen LogP contribution in [0, 0.1) is 0 Å². The van der Waals surface area contributed by atoms with Crippen LogP contribution in [0.5, 0.6) is 5.75 Å². The summed E-state index contributed by atoms with van der Waals surface area (Å²) in [6.07, 6.45) is 0.467. The number of nitrogens with zero attached hydrogens (tertiary/aromatic N) is 1. The summed E-state index contributed by atoms with van der Waals surface area (Å²) in [5.41, 5.74) is 6.06. The van der Waals surface area contributed by atoms with Gasteiger partial charge in [0.05, 0.1) is 5.71 Å². The van der Waals surface area contributed by atoms with Gasteiger partial charge in [-0.1, -0.05) is 60.7 Å². The molecule has 0 unspecified atom stereocenters. The minimum Gasteiger partial charge on any atom is -0.485 e. The summed E-state index contributed by atoms with van der Waals surface area (Å²) < 4.78 is 6.15. The van der Waals surface area contributed by atoms with Crippen molar-refractivity contribution < 1.29 is 9.53 Å². The Kier molecular flexibility index (Phi) is 4.48. The summed E-state index contributed by atoms with van der Waals surface area (Å²) in [5.74, 6) is 0.554. The number of amides is 1. The fourth-order valence-electron chi connectivity index (χ4n) is 3.02. The normalized spacial score (nSPS) is 17.2. The van der Waals surface area contributed by atoms with Gasteiger partial charge < -0.3 is 4.74 Å². The van der Waals surface area contributed by atoms with Gasteiger partial charge in [0.2, 0.25) is 0 Å². The van der Waals surface area contributed by atoms with E-state index in [0.717, 1.165) is 22.6 Å². The van der Waals surface area contributed by atoms with Crippen LogP contribution < -0.4 is 10.2 Å². The molecule has 0 aromatic heterocycles. The minimum absolute atomic E-state index is 0.126. The second kappa shape index (κ2) is 7.23. The number of rotatable bonds is 3. The van der Waals surface area contributed by atoms with Crippen molar-refractivity contribution in [1.29, 1.82) is 0 Å². The second-order valence-corrected chi connectivity index (χ2v) is 6.08. The summed E-state index contributed by atoms with van der Waals surface area (Å²) in [5, 5.41) is 4.41. The van der Waals surface area contributed by atoms with Crippen LogP contribution in [0.1, 0.15) is 34.0 Å². The van der Waals surface area contributed by atoms with Crippen molar-refractivity contribution in [2.45, 2.75) is 12.5 Å². The molecule has 0 aliphatic carbocycles. The molecule has 1 atom stereocenters. The molecular weight excluding hydrogens is 324 g/mol. The van der Waals surface area contributed by atoms with E-state index in [-0.39, 0.29) is 12.0 Å². The lowest BCUT2D eigenvalue weighted by atomic mass is 9.96. The predicted molar refractivity (Wildman–Crippen MR) is 101 cm³/mol. The molecule has 1 amide bonds. The van der Waals surface area contributed by atoms with Crippen LogP contribution in [0.25, 0.3) is 0 Å². The van der Waals surface area contributed by atoms with Gasteiger partial charge in [0.25, 0.3) is 5.91 Å². The van der Waals surface area contributed by atoms with Gasteiger partial charge in [0, 0.05) is 17.5 Å². The third-order valence-electron chi connectivity index (χ3n) is 4.35. The predicted octanol–water partition coefficient (Wildman–Crippen LogP) is 4.34. The number of para-hydroxylation sites is 1. The number of ether oxygens (including phenoxy) is 1. The highest BCUT2D eigenvalue weighted by molar-refractivity contribution is 6.05. The lowest BCUT2D eigenvalue weighted by Crippen LogP contribution is -2.25. The fraction of sp³-hybridized carbons (Fsp3) is 0.0909. The van der Waals surface area contributed by atoms with Crippen LogP contribution in [0.3, 0.4) is 0 Å². The third-order valence-corrected chi connectivity index (χ3v) is 4.35. The van der Waals surface area contributed by atoms with E-state index in [0.29, 0.717) is 12.0 Å². The molecule has 3 aromatic rings. The SMILES string of the molecule is O=C(NN=C1C[C@H](c2ccccc2)Oc2ccccc21)c1ccccc1. The third kappa shape index (κ3) is 3.35.